The van der Waals surface area contributed by atoms with Crippen molar-refractivity contribution in [2.45, 2.75) is 25.7 Å². The number of carbonyl (C=O) groups is 3. The number of aliphatic carboxylic acids is 1. The molecule has 30 heavy (non-hydrogen) atoms. The minimum atomic E-state index is -0.808. The summed E-state index contributed by atoms with van der Waals surface area (Å²) in [6, 6.07) is 9.07. The smallest absolute Gasteiger partial charge is 0.303 e. The lowest BCUT2D eigenvalue weighted by molar-refractivity contribution is -0.137. The molecule has 6 nitrogen and oxygen atoms in total. The molecule has 0 unspecified atom stereocenters. The molecule has 1 saturated heterocycles. The van der Waals surface area contributed by atoms with Crippen molar-refractivity contribution in [3.8, 4) is 11.1 Å². The summed E-state index contributed by atoms with van der Waals surface area (Å²) in [5.41, 5.74) is 7.55. The fourth-order valence-corrected chi connectivity index (χ4v) is 5.28. The highest BCUT2D eigenvalue weighted by molar-refractivity contribution is 8.26. The standard InChI is InChI=1S/C21H20N2O4S3/c22-19(26)16-7-4-3-6-15(16)13-10-14(29-12-13)11-17-20(27)23(21(28)30-17)9-5-1-2-8-18(24)25/h3-4,6-7,10-12H,1-2,5,8-9H2,(H2,22,26)(H,24,25). The fourth-order valence-electron chi connectivity index (χ4n) is 3.06. The van der Waals surface area contributed by atoms with Gasteiger partial charge in [-0.1, -0.05) is 48.6 Å². The number of carboxylic acids is 1. The van der Waals surface area contributed by atoms with Crippen molar-refractivity contribution in [2.75, 3.05) is 6.54 Å². The van der Waals surface area contributed by atoms with Crippen molar-refractivity contribution in [1.29, 1.82) is 0 Å². The molecule has 1 aliphatic rings. The summed E-state index contributed by atoms with van der Waals surface area (Å²) in [6.45, 7) is 0.489. The molecule has 0 bridgehead atoms. The van der Waals surface area contributed by atoms with Crippen molar-refractivity contribution >= 4 is 63.5 Å². The molecule has 3 rings (SSSR count). The largest absolute Gasteiger partial charge is 0.481 e. The Morgan fingerprint density at radius 1 is 1.20 bits per heavy atom. The number of carbonyl (C=O) groups excluding carboxylic acids is 2. The third-order valence-corrected chi connectivity index (χ3v) is 6.80. The summed E-state index contributed by atoms with van der Waals surface area (Å²) in [5, 5.41) is 10.6. The van der Waals surface area contributed by atoms with Gasteiger partial charge >= 0.3 is 5.97 Å². The molecule has 1 aromatic heterocycles. The zero-order valence-electron chi connectivity index (χ0n) is 16.0. The van der Waals surface area contributed by atoms with Crippen LogP contribution in [0.4, 0.5) is 0 Å². The summed E-state index contributed by atoms with van der Waals surface area (Å²) in [7, 11) is 0. The first-order chi connectivity index (χ1) is 14.4. The molecule has 0 radical (unpaired) electrons. The van der Waals surface area contributed by atoms with Crippen LogP contribution in [0, 0.1) is 0 Å². The van der Waals surface area contributed by atoms with E-state index in [1.54, 1.807) is 17.0 Å². The summed E-state index contributed by atoms with van der Waals surface area (Å²) in [5.74, 6) is -1.42. The highest BCUT2D eigenvalue weighted by Gasteiger charge is 2.31. The van der Waals surface area contributed by atoms with Gasteiger partial charge in [-0.3, -0.25) is 19.3 Å². The summed E-state index contributed by atoms with van der Waals surface area (Å²) in [4.78, 5) is 38.0. The third-order valence-electron chi connectivity index (χ3n) is 4.54. The number of nitrogens with zero attached hydrogens (tertiary/aromatic N) is 1. The molecule has 2 heterocycles. The van der Waals surface area contributed by atoms with Crippen LogP contribution < -0.4 is 5.73 Å². The van der Waals surface area contributed by atoms with Crippen molar-refractivity contribution in [2.24, 2.45) is 5.73 Å². The fraction of sp³-hybridized carbons (Fsp3) is 0.238. The van der Waals surface area contributed by atoms with E-state index in [0.29, 0.717) is 34.2 Å². The SMILES string of the molecule is NC(=O)c1ccccc1-c1csc(C=C2SC(=S)N(CCCCCC(=O)O)C2=O)c1. The number of hydrogen-bond donors (Lipinski definition) is 2. The molecule has 0 spiro atoms. The van der Waals surface area contributed by atoms with Crippen molar-refractivity contribution in [3.05, 3.63) is 51.1 Å². The highest BCUT2D eigenvalue weighted by Crippen LogP contribution is 2.35. The lowest BCUT2D eigenvalue weighted by Crippen LogP contribution is -2.29. The second-order valence-electron chi connectivity index (χ2n) is 6.69. The summed E-state index contributed by atoms with van der Waals surface area (Å²) >= 11 is 8.08. The Labute approximate surface area is 187 Å². The Morgan fingerprint density at radius 2 is 1.97 bits per heavy atom. The monoisotopic (exact) mass is 460 g/mol. The van der Waals surface area contributed by atoms with Gasteiger partial charge in [-0.05, 0) is 47.6 Å². The van der Waals surface area contributed by atoms with Gasteiger partial charge in [0.25, 0.3) is 5.91 Å². The second-order valence-corrected chi connectivity index (χ2v) is 9.30. The number of rotatable bonds is 9. The molecule has 1 fully saturated rings. The number of benzene rings is 1. The summed E-state index contributed by atoms with van der Waals surface area (Å²) in [6.07, 6.45) is 3.98. The maximum atomic E-state index is 12.7. The molecule has 2 aromatic rings. The molecule has 156 valence electrons. The van der Waals surface area contributed by atoms with Gasteiger partial charge in [0.2, 0.25) is 5.91 Å². The number of thiocarbonyl (C=S) groups is 1. The molecule has 1 aromatic carbocycles. The number of nitrogens with two attached hydrogens (primary N) is 1. The van der Waals surface area contributed by atoms with Crippen LogP contribution in [0.3, 0.4) is 0 Å². The van der Waals surface area contributed by atoms with E-state index < -0.39 is 11.9 Å². The molecule has 0 atom stereocenters. The lowest BCUT2D eigenvalue weighted by Gasteiger charge is -2.13. The minimum absolute atomic E-state index is 0.129. The first-order valence-electron chi connectivity index (χ1n) is 9.31. The van der Waals surface area contributed by atoms with Gasteiger partial charge in [-0.2, -0.15) is 0 Å². The number of primary amides is 1. The number of hydrogen-bond acceptors (Lipinski definition) is 6. The number of thiophene rings is 1. The molecule has 0 saturated carbocycles. The van der Waals surface area contributed by atoms with E-state index in [-0.39, 0.29) is 12.3 Å². The van der Waals surface area contributed by atoms with Crippen LogP contribution in [-0.2, 0) is 9.59 Å². The predicted molar refractivity (Wildman–Crippen MR) is 124 cm³/mol. The van der Waals surface area contributed by atoms with Crippen LogP contribution in [0.2, 0.25) is 0 Å². The van der Waals surface area contributed by atoms with Crippen LogP contribution in [0.25, 0.3) is 17.2 Å². The Bertz CT molecular complexity index is 1030. The zero-order valence-corrected chi connectivity index (χ0v) is 18.4. The number of amides is 2. The minimum Gasteiger partial charge on any atom is -0.481 e. The van der Waals surface area contributed by atoms with E-state index in [0.717, 1.165) is 22.4 Å². The molecule has 1 aliphatic heterocycles. The topological polar surface area (TPSA) is 101 Å². The van der Waals surface area contributed by atoms with Gasteiger partial charge in [0.1, 0.15) is 4.32 Å². The van der Waals surface area contributed by atoms with Gasteiger partial charge < -0.3 is 10.8 Å². The quantitative estimate of drug-likeness (QED) is 0.328. The molecule has 3 N–H and O–H groups in total. The average molecular weight is 461 g/mol. The number of unbranched alkanes of at least 4 members (excludes halogenated alkanes) is 2. The van der Waals surface area contributed by atoms with E-state index in [9.17, 15) is 14.4 Å². The second kappa shape index (κ2) is 10.0. The average Bonchev–Trinajstić information content (AvgIpc) is 3.27. The Morgan fingerprint density at radius 3 is 2.70 bits per heavy atom. The Kier molecular flexibility index (Phi) is 7.41. The number of carboxylic acid groups (broad SMARTS) is 1. The third kappa shape index (κ3) is 5.35. The molecule has 9 heteroatoms. The van der Waals surface area contributed by atoms with Crippen molar-refractivity contribution < 1.29 is 19.5 Å². The summed E-state index contributed by atoms with van der Waals surface area (Å²) < 4.78 is 0.514. The van der Waals surface area contributed by atoms with Crippen molar-refractivity contribution in [3.63, 3.8) is 0 Å². The van der Waals surface area contributed by atoms with Gasteiger partial charge in [0.05, 0.1) is 4.91 Å². The van der Waals surface area contributed by atoms with E-state index in [1.165, 1.54) is 23.1 Å². The van der Waals surface area contributed by atoms with Crippen LogP contribution in [0.15, 0.2) is 40.6 Å². The Hall–Kier alpha value is -2.49. The van der Waals surface area contributed by atoms with Crippen molar-refractivity contribution in [1.82, 2.24) is 4.90 Å². The van der Waals surface area contributed by atoms with Gasteiger partial charge in [0, 0.05) is 23.4 Å². The lowest BCUT2D eigenvalue weighted by atomic mass is 10.0. The van der Waals surface area contributed by atoms with E-state index >= 15 is 0 Å². The normalized spacial score (nSPS) is 15.2. The molecule has 2 amide bonds. The maximum Gasteiger partial charge on any atom is 0.303 e. The first kappa shape index (κ1) is 22.2. The van der Waals surface area contributed by atoms with Crippen LogP contribution in [-0.4, -0.2) is 38.7 Å². The maximum absolute atomic E-state index is 12.7. The van der Waals surface area contributed by atoms with E-state index in [2.05, 4.69) is 0 Å². The van der Waals surface area contributed by atoms with Crippen LogP contribution in [0.1, 0.15) is 40.9 Å². The van der Waals surface area contributed by atoms with Crippen LogP contribution >= 0.6 is 35.3 Å². The van der Waals surface area contributed by atoms with Gasteiger partial charge in [0.15, 0.2) is 0 Å². The van der Waals surface area contributed by atoms with E-state index in [4.69, 9.17) is 23.1 Å². The molecule has 0 aliphatic carbocycles. The van der Waals surface area contributed by atoms with E-state index in [1.807, 2.05) is 29.7 Å². The zero-order chi connectivity index (χ0) is 21.7. The Balaban J connectivity index is 1.68. The molecular formula is C21H20N2O4S3. The number of thioether (sulfide) groups is 1. The van der Waals surface area contributed by atoms with Gasteiger partial charge in [-0.15, -0.1) is 11.3 Å². The van der Waals surface area contributed by atoms with Gasteiger partial charge in [-0.25, -0.2) is 0 Å². The predicted octanol–water partition coefficient (Wildman–Crippen LogP) is 4.36. The first-order valence-corrected chi connectivity index (χ1v) is 11.4. The van der Waals surface area contributed by atoms with Crippen LogP contribution in [0.5, 0.6) is 0 Å². The highest BCUT2D eigenvalue weighted by atomic mass is 32.2. The molecular weight excluding hydrogens is 440 g/mol.